The lowest BCUT2D eigenvalue weighted by Gasteiger charge is -2.27. The molecule has 2 N–H and O–H groups in total. The first-order valence-electron chi connectivity index (χ1n) is 7.95. The van der Waals surface area contributed by atoms with E-state index < -0.39 is 5.97 Å². The fraction of sp³-hybridized carbons (Fsp3) is 0.688. The highest BCUT2D eigenvalue weighted by molar-refractivity contribution is 5.93. The van der Waals surface area contributed by atoms with Crippen molar-refractivity contribution in [1.29, 1.82) is 0 Å². The minimum atomic E-state index is -0.451. The number of hydrogen-bond acceptors (Lipinski definition) is 5. The standard InChI is InChI=1S/C16H25N3O2/c1-3-5-11-6-8-12(9-7-11)15-18-10-13(14(17)19-15)16(20)21-4-2/h10-12H,3-9H2,1-2H3,(H2,17,18,19). The van der Waals surface area contributed by atoms with Crippen LogP contribution in [-0.4, -0.2) is 22.5 Å². The second-order valence-electron chi connectivity index (χ2n) is 5.75. The Morgan fingerprint density at radius 1 is 1.33 bits per heavy atom. The van der Waals surface area contributed by atoms with Crippen molar-refractivity contribution in [2.24, 2.45) is 5.92 Å². The maximum atomic E-state index is 11.7. The molecule has 1 heterocycles. The summed E-state index contributed by atoms with van der Waals surface area (Å²) in [5.41, 5.74) is 6.15. The van der Waals surface area contributed by atoms with Gasteiger partial charge in [-0.05, 0) is 38.5 Å². The van der Waals surface area contributed by atoms with Gasteiger partial charge in [-0.15, -0.1) is 0 Å². The Balaban J connectivity index is 2.02. The highest BCUT2D eigenvalue weighted by atomic mass is 16.5. The van der Waals surface area contributed by atoms with E-state index in [1.54, 1.807) is 6.92 Å². The summed E-state index contributed by atoms with van der Waals surface area (Å²) in [4.78, 5) is 20.4. The lowest BCUT2D eigenvalue weighted by Crippen LogP contribution is -2.17. The Morgan fingerprint density at radius 3 is 2.62 bits per heavy atom. The summed E-state index contributed by atoms with van der Waals surface area (Å²) in [5, 5.41) is 0. The molecule has 1 aliphatic carbocycles. The number of carbonyl (C=O) groups is 1. The molecule has 0 radical (unpaired) electrons. The zero-order chi connectivity index (χ0) is 15.2. The Labute approximate surface area is 126 Å². The molecule has 1 fully saturated rings. The van der Waals surface area contributed by atoms with Crippen molar-refractivity contribution in [2.75, 3.05) is 12.3 Å². The van der Waals surface area contributed by atoms with E-state index >= 15 is 0 Å². The molecule has 1 aromatic rings. The first-order valence-corrected chi connectivity index (χ1v) is 7.95. The van der Waals surface area contributed by atoms with Crippen LogP contribution < -0.4 is 5.73 Å². The van der Waals surface area contributed by atoms with E-state index in [0.717, 1.165) is 24.6 Å². The van der Waals surface area contributed by atoms with E-state index in [-0.39, 0.29) is 11.4 Å². The van der Waals surface area contributed by atoms with Gasteiger partial charge in [0, 0.05) is 12.1 Å². The van der Waals surface area contributed by atoms with E-state index in [1.165, 1.54) is 31.9 Å². The number of esters is 1. The SMILES string of the molecule is CCCC1CCC(c2ncc(C(=O)OCC)c(N)n2)CC1. The van der Waals surface area contributed by atoms with Crippen LogP contribution in [0.15, 0.2) is 6.20 Å². The van der Waals surface area contributed by atoms with Gasteiger partial charge in [-0.2, -0.15) is 0 Å². The van der Waals surface area contributed by atoms with Gasteiger partial charge in [0.25, 0.3) is 0 Å². The topological polar surface area (TPSA) is 78.1 Å². The van der Waals surface area contributed by atoms with Crippen LogP contribution in [0.3, 0.4) is 0 Å². The monoisotopic (exact) mass is 291 g/mol. The Morgan fingerprint density at radius 2 is 2.05 bits per heavy atom. The Hall–Kier alpha value is -1.65. The second kappa shape index (κ2) is 7.38. The normalized spacial score (nSPS) is 22.0. The van der Waals surface area contributed by atoms with Crippen molar-refractivity contribution in [2.45, 2.75) is 58.3 Å². The van der Waals surface area contributed by atoms with Crippen LogP contribution >= 0.6 is 0 Å². The third-order valence-corrected chi connectivity index (χ3v) is 4.24. The van der Waals surface area contributed by atoms with Gasteiger partial charge in [0.05, 0.1) is 6.61 Å². The first kappa shape index (κ1) is 15.7. The van der Waals surface area contributed by atoms with Gasteiger partial charge in [-0.3, -0.25) is 0 Å². The molecule has 1 saturated carbocycles. The molecule has 21 heavy (non-hydrogen) atoms. The molecule has 0 bridgehead atoms. The Kier molecular flexibility index (Phi) is 5.53. The van der Waals surface area contributed by atoms with Crippen molar-refractivity contribution in [1.82, 2.24) is 9.97 Å². The predicted octanol–water partition coefficient (Wildman–Crippen LogP) is 3.31. The van der Waals surface area contributed by atoms with Crippen molar-refractivity contribution < 1.29 is 9.53 Å². The minimum absolute atomic E-state index is 0.231. The summed E-state index contributed by atoms with van der Waals surface area (Å²) < 4.78 is 4.94. The van der Waals surface area contributed by atoms with Crippen LogP contribution in [0.4, 0.5) is 5.82 Å². The summed E-state index contributed by atoms with van der Waals surface area (Å²) in [5.74, 6) is 1.77. The summed E-state index contributed by atoms with van der Waals surface area (Å²) in [6, 6.07) is 0. The number of anilines is 1. The molecule has 0 spiro atoms. The minimum Gasteiger partial charge on any atom is -0.462 e. The van der Waals surface area contributed by atoms with Crippen LogP contribution in [0, 0.1) is 5.92 Å². The van der Waals surface area contributed by atoms with Gasteiger partial charge in [0.2, 0.25) is 0 Å². The molecule has 1 aromatic heterocycles. The van der Waals surface area contributed by atoms with Crippen LogP contribution in [-0.2, 0) is 4.74 Å². The van der Waals surface area contributed by atoms with E-state index in [1.807, 2.05) is 0 Å². The lowest BCUT2D eigenvalue weighted by molar-refractivity contribution is 0.0526. The largest absolute Gasteiger partial charge is 0.462 e. The molecular formula is C16H25N3O2. The lowest BCUT2D eigenvalue weighted by atomic mass is 9.80. The van der Waals surface area contributed by atoms with Crippen molar-refractivity contribution in [3.05, 3.63) is 17.6 Å². The fourth-order valence-corrected chi connectivity index (χ4v) is 3.09. The molecule has 5 nitrogen and oxygen atoms in total. The fourth-order valence-electron chi connectivity index (χ4n) is 3.09. The molecule has 0 aromatic carbocycles. The summed E-state index contributed by atoms with van der Waals surface area (Å²) in [6.07, 6.45) is 8.78. The van der Waals surface area contributed by atoms with Crippen LogP contribution in [0.1, 0.15) is 74.5 Å². The number of nitrogens with two attached hydrogens (primary N) is 1. The molecular weight excluding hydrogens is 266 g/mol. The van der Waals surface area contributed by atoms with Gasteiger partial charge in [-0.1, -0.05) is 19.8 Å². The highest BCUT2D eigenvalue weighted by Gasteiger charge is 2.25. The van der Waals surface area contributed by atoms with Crippen LogP contribution in [0.25, 0.3) is 0 Å². The number of hydrogen-bond donors (Lipinski definition) is 1. The molecule has 0 aliphatic heterocycles. The van der Waals surface area contributed by atoms with Crippen LogP contribution in [0.2, 0.25) is 0 Å². The van der Waals surface area contributed by atoms with Gasteiger partial charge in [-0.25, -0.2) is 14.8 Å². The van der Waals surface area contributed by atoms with Gasteiger partial charge < -0.3 is 10.5 Å². The molecule has 2 rings (SSSR count). The second-order valence-corrected chi connectivity index (χ2v) is 5.75. The van der Waals surface area contributed by atoms with Crippen LogP contribution in [0.5, 0.6) is 0 Å². The number of aromatic nitrogens is 2. The van der Waals surface area contributed by atoms with E-state index in [4.69, 9.17) is 10.5 Å². The molecule has 0 atom stereocenters. The smallest absolute Gasteiger partial charge is 0.343 e. The van der Waals surface area contributed by atoms with E-state index in [0.29, 0.717) is 12.5 Å². The van der Waals surface area contributed by atoms with Gasteiger partial charge in [0.15, 0.2) is 0 Å². The Bertz CT molecular complexity index is 482. The predicted molar refractivity (Wildman–Crippen MR) is 82.0 cm³/mol. The van der Waals surface area contributed by atoms with Crippen molar-refractivity contribution >= 4 is 11.8 Å². The van der Waals surface area contributed by atoms with Crippen molar-refractivity contribution in [3.63, 3.8) is 0 Å². The first-order chi connectivity index (χ1) is 10.2. The third kappa shape index (κ3) is 3.93. The quantitative estimate of drug-likeness (QED) is 0.842. The van der Waals surface area contributed by atoms with Gasteiger partial charge >= 0.3 is 5.97 Å². The molecule has 0 unspecified atom stereocenters. The molecule has 5 heteroatoms. The number of rotatable bonds is 5. The number of ether oxygens (including phenoxy) is 1. The van der Waals surface area contributed by atoms with E-state index in [9.17, 15) is 4.79 Å². The van der Waals surface area contributed by atoms with Gasteiger partial charge in [0.1, 0.15) is 17.2 Å². The summed E-state index contributed by atoms with van der Waals surface area (Å²) >= 11 is 0. The highest BCUT2D eigenvalue weighted by Crippen LogP contribution is 2.36. The molecule has 116 valence electrons. The maximum absolute atomic E-state index is 11.7. The average molecular weight is 291 g/mol. The zero-order valence-electron chi connectivity index (χ0n) is 13.0. The third-order valence-electron chi connectivity index (χ3n) is 4.24. The number of nitrogens with zero attached hydrogens (tertiary/aromatic N) is 2. The average Bonchev–Trinajstić information content (AvgIpc) is 2.48. The zero-order valence-corrected chi connectivity index (χ0v) is 13.0. The van der Waals surface area contributed by atoms with Crippen molar-refractivity contribution in [3.8, 4) is 0 Å². The number of carbonyl (C=O) groups excluding carboxylic acids is 1. The summed E-state index contributed by atoms with van der Waals surface area (Å²) in [6.45, 7) is 4.32. The number of nitrogen functional groups attached to an aromatic ring is 1. The molecule has 0 saturated heterocycles. The maximum Gasteiger partial charge on any atom is 0.343 e. The molecule has 1 aliphatic rings. The molecule has 0 amide bonds. The summed E-state index contributed by atoms with van der Waals surface area (Å²) in [7, 11) is 0. The van der Waals surface area contributed by atoms with E-state index in [2.05, 4.69) is 16.9 Å².